The lowest BCUT2D eigenvalue weighted by Crippen LogP contribution is -2.17. The Morgan fingerprint density at radius 3 is 2.43 bits per heavy atom. The van der Waals surface area contributed by atoms with Crippen LogP contribution in [0.3, 0.4) is 0 Å². The number of para-hydroxylation sites is 1. The molecule has 0 unspecified atom stereocenters. The highest BCUT2D eigenvalue weighted by molar-refractivity contribution is 5.46. The summed E-state index contributed by atoms with van der Waals surface area (Å²) in [6.45, 7) is 1.34. The molecule has 2 aromatic rings. The molecule has 0 fully saturated rings. The number of hydrogen-bond acceptors (Lipinski definition) is 3. The third-order valence-corrected chi connectivity index (χ3v) is 3.33. The molecule has 0 atom stereocenters. The lowest BCUT2D eigenvalue weighted by Gasteiger charge is -2.13. The highest BCUT2D eigenvalue weighted by Gasteiger charge is 2.08. The predicted octanol–water partition coefficient (Wildman–Crippen LogP) is 3.18. The van der Waals surface area contributed by atoms with E-state index < -0.39 is 0 Å². The standard InChI is InChI=1S/C17H20FNO2/c1-20-16-9-5-7-14(17(16)21-2)12-19-11-10-13-6-3-4-8-15(13)18/h3-9,19H,10-12H2,1-2H3. The van der Waals surface area contributed by atoms with E-state index in [1.165, 1.54) is 6.07 Å². The van der Waals surface area contributed by atoms with Gasteiger partial charge in [0.25, 0.3) is 0 Å². The van der Waals surface area contributed by atoms with Gasteiger partial charge < -0.3 is 14.8 Å². The summed E-state index contributed by atoms with van der Waals surface area (Å²) in [6, 6.07) is 12.6. The van der Waals surface area contributed by atoms with E-state index in [1.54, 1.807) is 20.3 Å². The molecule has 4 heteroatoms. The zero-order chi connectivity index (χ0) is 15.1. The number of ether oxygens (including phenoxy) is 2. The zero-order valence-electron chi connectivity index (χ0n) is 12.4. The van der Waals surface area contributed by atoms with Gasteiger partial charge in [0, 0.05) is 12.1 Å². The Balaban J connectivity index is 1.91. The van der Waals surface area contributed by atoms with Gasteiger partial charge in [-0.05, 0) is 30.7 Å². The molecule has 0 aliphatic heterocycles. The second-order valence-corrected chi connectivity index (χ2v) is 4.67. The van der Waals surface area contributed by atoms with Crippen LogP contribution in [0.15, 0.2) is 42.5 Å². The largest absolute Gasteiger partial charge is 0.493 e. The van der Waals surface area contributed by atoms with Crippen molar-refractivity contribution >= 4 is 0 Å². The first-order chi connectivity index (χ1) is 10.3. The van der Waals surface area contributed by atoms with Crippen LogP contribution >= 0.6 is 0 Å². The van der Waals surface area contributed by atoms with Crippen molar-refractivity contribution in [1.82, 2.24) is 5.32 Å². The van der Waals surface area contributed by atoms with E-state index in [0.29, 0.717) is 25.3 Å². The second-order valence-electron chi connectivity index (χ2n) is 4.67. The van der Waals surface area contributed by atoms with Crippen LogP contribution < -0.4 is 14.8 Å². The number of benzene rings is 2. The summed E-state index contributed by atoms with van der Waals surface area (Å²) in [7, 11) is 3.24. The van der Waals surface area contributed by atoms with Gasteiger partial charge in [0.2, 0.25) is 0 Å². The monoisotopic (exact) mass is 289 g/mol. The Hall–Kier alpha value is -2.07. The number of rotatable bonds is 7. The van der Waals surface area contributed by atoms with Gasteiger partial charge in [0.15, 0.2) is 11.5 Å². The summed E-state index contributed by atoms with van der Waals surface area (Å²) in [5.41, 5.74) is 1.74. The summed E-state index contributed by atoms with van der Waals surface area (Å²) >= 11 is 0. The van der Waals surface area contributed by atoms with Crippen molar-refractivity contribution in [3.05, 3.63) is 59.4 Å². The van der Waals surface area contributed by atoms with Crippen LogP contribution in [0.25, 0.3) is 0 Å². The summed E-state index contributed by atoms with van der Waals surface area (Å²) < 4.78 is 24.1. The highest BCUT2D eigenvalue weighted by Crippen LogP contribution is 2.30. The van der Waals surface area contributed by atoms with Crippen molar-refractivity contribution < 1.29 is 13.9 Å². The third-order valence-electron chi connectivity index (χ3n) is 3.33. The summed E-state index contributed by atoms with van der Waals surface area (Å²) in [5.74, 6) is 1.29. The first kappa shape index (κ1) is 15.3. The van der Waals surface area contributed by atoms with Crippen LogP contribution in [0.4, 0.5) is 4.39 Å². The Bertz CT molecular complexity index is 587. The predicted molar refractivity (Wildman–Crippen MR) is 81.4 cm³/mol. The van der Waals surface area contributed by atoms with Gasteiger partial charge in [0.1, 0.15) is 5.82 Å². The zero-order valence-corrected chi connectivity index (χ0v) is 12.4. The number of nitrogens with one attached hydrogen (secondary N) is 1. The minimum atomic E-state index is -0.154. The van der Waals surface area contributed by atoms with Crippen molar-refractivity contribution in [2.24, 2.45) is 0 Å². The topological polar surface area (TPSA) is 30.5 Å². The van der Waals surface area contributed by atoms with Crippen LogP contribution in [0.2, 0.25) is 0 Å². The van der Waals surface area contributed by atoms with Crippen molar-refractivity contribution in [3.63, 3.8) is 0 Å². The maximum atomic E-state index is 13.5. The lowest BCUT2D eigenvalue weighted by atomic mass is 10.1. The van der Waals surface area contributed by atoms with Crippen LogP contribution in [-0.4, -0.2) is 20.8 Å². The third kappa shape index (κ3) is 3.95. The Kier molecular flexibility index (Phi) is 5.58. The smallest absolute Gasteiger partial charge is 0.165 e. The van der Waals surface area contributed by atoms with Gasteiger partial charge in [-0.3, -0.25) is 0 Å². The average Bonchev–Trinajstić information content (AvgIpc) is 2.52. The van der Waals surface area contributed by atoms with Crippen molar-refractivity contribution in [1.29, 1.82) is 0 Å². The van der Waals surface area contributed by atoms with Crippen molar-refractivity contribution in [2.75, 3.05) is 20.8 Å². The molecule has 0 radical (unpaired) electrons. The van der Waals surface area contributed by atoms with E-state index in [0.717, 1.165) is 16.9 Å². The lowest BCUT2D eigenvalue weighted by molar-refractivity contribution is 0.350. The van der Waals surface area contributed by atoms with Gasteiger partial charge in [-0.1, -0.05) is 30.3 Å². The normalized spacial score (nSPS) is 10.4. The molecule has 21 heavy (non-hydrogen) atoms. The summed E-state index contributed by atoms with van der Waals surface area (Å²) in [6.07, 6.45) is 0.652. The van der Waals surface area contributed by atoms with Gasteiger partial charge in [-0.25, -0.2) is 4.39 Å². The SMILES string of the molecule is COc1cccc(CNCCc2ccccc2F)c1OC. The van der Waals surface area contributed by atoms with E-state index in [-0.39, 0.29) is 5.82 Å². The second kappa shape index (κ2) is 7.64. The molecule has 1 N–H and O–H groups in total. The molecule has 0 amide bonds. The van der Waals surface area contributed by atoms with Crippen molar-refractivity contribution in [3.8, 4) is 11.5 Å². The first-order valence-electron chi connectivity index (χ1n) is 6.90. The molecule has 2 rings (SSSR count). The minimum absolute atomic E-state index is 0.154. The van der Waals surface area contributed by atoms with E-state index >= 15 is 0 Å². The molecular formula is C17H20FNO2. The molecule has 0 heterocycles. The molecule has 2 aromatic carbocycles. The molecule has 0 spiro atoms. The Morgan fingerprint density at radius 2 is 1.71 bits per heavy atom. The number of hydrogen-bond donors (Lipinski definition) is 1. The molecule has 0 aliphatic carbocycles. The van der Waals surface area contributed by atoms with Gasteiger partial charge in [-0.15, -0.1) is 0 Å². The van der Waals surface area contributed by atoms with Crippen LogP contribution in [-0.2, 0) is 13.0 Å². The molecule has 0 saturated carbocycles. The maximum absolute atomic E-state index is 13.5. The quantitative estimate of drug-likeness (QED) is 0.794. The van der Waals surface area contributed by atoms with E-state index in [1.807, 2.05) is 30.3 Å². The summed E-state index contributed by atoms with van der Waals surface area (Å²) in [4.78, 5) is 0. The van der Waals surface area contributed by atoms with Gasteiger partial charge >= 0.3 is 0 Å². The van der Waals surface area contributed by atoms with Gasteiger partial charge in [0.05, 0.1) is 14.2 Å². The van der Waals surface area contributed by atoms with Gasteiger partial charge in [-0.2, -0.15) is 0 Å². The highest BCUT2D eigenvalue weighted by atomic mass is 19.1. The Labute approximate surface area is 124 Å². The van der Waals surface area contributed by atoms with E-state index in [9.17, 15) is 4.39 Å². The first-order valence-corrected chi connectivity index (χ1v) is 6.90. The van der Waals surface area contributed by atoms with Crippen molar-refractivity contribution in [2.45, 2.75) is 13.0 Å². The fraction of sp³-hybridized carbons (Fsp3) is 0.294. The Morgan fingerprint density at radius 1 is 0.952 bits per heavy atom. The fourth-order valence-corrected chi connectivity index (χ4v) is 2.24. The fourth-order valence-electron chi connectivity index (χ4n) is 2.24. The number of methoxy groups -OCH3 is 2. The molecule has 0 saturated heterocycles. The molecule has 112 valence electrons. The maximum Gasteiger partial charge on any atom is 0.165 e. The number of halogens is 1. The molecule has 3 nitrogen and oxygen atoms in total. The average molecular weight is 289 g/mol. The molecule has 0 aromatic heterocycles. The van der Waals surface area contributed by atoms with Crippen LogP contribution in [0.1, 0.15) is 11.1 Å². The van der Waals surface area contributed by atoms with E-state index in [2.05, 4.69) is 5.32 Å². The van der Waals surface area contributed by atoms with Crippen LogP contribution in [0.5, 0.6) is 11.5 Å². The van der Waals surface area contributed by atoms with E-state index in [4.69, 9.17) is 9.47 Å². The summed E-state index contributed by atoms with van der Waals surface area (Å²) in [5, 5.41) is 3.30. The molecular weight excluding hydrogens is 269 g/mol. The molecule has 0 aliphatic rings. The molecule has 0 bridgehead atoms. The minimum Gasteiger partial charge on any atom is -0.493 e. The van der Waals surface area contributed by atoms with Crippen LogP contribution in [0, 0.1) is 5.82 Å².